The van der Waals surface area contributed by atoms with Crippen molar-refractivity contribution in [1.82, 2.24) is 5.32 Å². The summed E-state index contributed by atoms with van der Waals surface area (Å²) < 4.78 is 0. The normalized spacial score (nSPS) is 18.8. The smallest absolute Gasteiger partial charge is 0.321 e. The maximum atomic E-state index is 12.3. The Morgan fingerprint density at radius 2 is 2.05 bits per heavy atom. The molecule has 1 saturated carbocycles. The van der Waals surface area contributed by atoms with Crippen LogP contribution in [0.2, 0.25) is 0 Å². The topological polar surface area (TPSA) is 69.6 Å². The van der Waals surface area contributed by atoms with Crippen LogP contribution in [0.25, 0.3) is 0 Å². The van der Waals surface area contributed by atoms with Gasteiger partial charge in [0.05, 0.1) is 6.42 Å². The summed E-state index contributed by atoms with van der Waals surface area (Å²) in [7, 11) is 0. The van der Waals surface area contributed by atoms with Crippen LogP contribution in [0.3, 0.4) is 0 Å². The van der Waals surface area contributed by atoms with Crippen LogP contribution in [-0.4, -0.2) is 30.2 Å². The molecule has 1 fully saturated rings. The molecule has 1 aliphatic heterocycles. The van der Waals surface area contributed by atoms with Gasteiger partial charge in [0.1, 0.15) is 0 Å². The molecule has 0 radical (unpaired) electrons. The second kappa shape index (κ2) is 5.39. The molecule has 112 valence electrons. The van der Waals surface area contributed by atoms with E-state index in [0.717, 1.165) is 31.4 Å². The number of urea groups is 1. The lowest BCUT2D eigenvalue weighted by atomic mass is 9.66. The van der Waals surface area contributed by atoms with Crippen molar-refractivity contribution in [3.63, 3.8) is 0 Å². The van der Waals surface area contributed by atoms with Gasteiger partial charge in [0.2, 0.25) is 0 Å². The van der Waals surface area contributed by atoms with E-state index in [2.05, 4.69) is 5.32 Å². The van der Waals surface area contributed by atoms with Crippen molar-refractivity contribution in [3.05, 3.63) is 29.8 Å². The third kappa shape index (κ3) is 2.73. The van der Waals surface area contributed by atoms with E-state index in [1.807, 2.05) is 24.3 Å². The summed E-state index contributed by atoms with van der Waals surface area (Å²) >= 11 is 0. The Labute approximate surface area is 123 Å². The van der Waals surface area contributed by atoms with Crippen LogP contribution in [0, 0.1) is 5.41 Å². The molecule has 1 aliphatic carbocycles. The first-order valence-electron chi connectivity index (χ1n) is 7.45. The number of nitrogens with zero attached hydrogens (tertiary/aromatic N) is 1. The number of hydrogen-bond acceptors (Lipinski definition) is 2. The van der Waals surface area contributed by atoms with Crippen LogP contribution in [0.5, 0.6) is 0 Å². The molecule has 0 unspecified atom stereocenters. The Balaban J connectivity index is 1.61. The monoisotopic (exact) mass is 288 g/mol. The number of aliphatic carboxylic acids is 1. The van der Waals surface area contributed by atoms with Crippen LogP contribution in [0.1, 0.15) is 31.2 Å². The minimum absolute atomic E-state index is 0.114. The van der Waals surface area contributed by atoms with Crippen molar-refractivity contribution in [2.24, 2.45) is 5.41 Å². The highest BCUT2D eigenvalue weighted by atomic mass is 16.4. The number of rotatable bonds is 4. The van der Waals surface area contributed by atoms with Crippen molar-refractivity contribution in [1.29, 1.82) is 0 Å². The first-order valence-corrected chi connectivity index (χ1v) is 7.45. The molecule has 1 aromatic rings. The average Bonchev–Trinajstić information content (AvgIpc) is 2.85. The largest absolute Gasteiger partial charge is 0.481 e. The number of anilines is 1. The molecule has 1 aromatic carbocycles. The Morgan fingerprint density at radius 3 is 2.71 bits per heavy atom. The number of amides is 2. The number of para-hydroxylation sites is 1. The summed E-state index contributed by atoms with van der Waals surface area (Å²) in [6, 6.07) is 7.80. The van der Waals surface area contributed by atoms with Gasteiger partial charge in [0, 0.05) is 18.8 Å². The van der Waals surface area contributed by atoms with Crippen LogP contribution >= 0.6 is 0 Å². The number of benzene rings is 1. The molecular formula is C16H20N2O3. The Hall–Kier alpha value is -2.04. The molecule has 3 rings (SSSR count). The number of carboxylic acids is 1. The molecule has 5 heteroatoms. The van der Waals surface area contributed by atoms with E-state index in [-0.39, 0.29) is 17.9 Å². The molecule has 2 amide bonds. The highest BCUT2D eigenvalue weighted by molar-refractivity contribution is 5.94. The highest BCUT2D eigenvalue weighted by Gasteiger charge is 2.39. The van der Waals surface area contributed by atoms with Gasteiger partial charge in [-0.3, -0.25) is 9.69 Å². The summed E-state index contributed by atoms with van der Waals surface area (Å²) in [4.78, 5) is 25.0. The van der Waals surface area contributed by atoms with Crippen LogP contribution in [-0.2, 0) is 11.2 Å². The number of nitrogens with one attached hydrogen (secondary N) is 1. The molecule has 0 spiro atoms. The van der Waals surface area contributed by atoms with Gasteiger partial charge in [-0.25, -0.2) is 4.79 Å². The molecule has 0 bridgehead atoms. The summed E-state index contributed by atoms with van der Waals surface area (Å²) in [5.74, 6) is -0.782. The fourth-order valence-electron chi connectivity index (χ4n) is 3.32. The van der Waals surface area contributed by atoms with Gasteiger partial charge in [-0.1, -0.05) is 24.6 Å². The van der Waals surface area contributed by atoms with Crippen molar-refractivity contribution in [2.45, 2.75) is 32.1 Å². The summed E-state index contributed by atoms with van der Waals surface area (Å²) in [5.41, 5.74) is 1.92. The van der Waals surface area contributed by atoms with E-state index in [1.54, 1.807) is 4.90 Å². The zero-order chi connectivity index (χ0) is 14.9. The van der Waals surface area contributed by atoms with Gasteiger partial charge in [0.25, 0.3) is 0 Å². The molecule has 2 aliphatic rings. The molecule has 21 heavy (non-hydrogen) atoms. The number of hydrogen-bond donors (Lipinski definition) is 2. The molecule has 1 heterocycles. The minimum atomic E-state index is -0.782. The molecule has 0 saturated heterocycles. The van der Waals surface area contributed by atoms with Crippen molar-refractivity contribution in [2.75, 3.05) is 18.0 Å². The number of fused-ring (bicyclic) bond motifs is 1. The Kier molecular flexibility index (Phi) is 3.57. The lowest BCUT2D eigenvalue weighted by Crippen LogP contribution is -2.47. The van der Waals surface area contributed by atoms with Gasteiger partial charge >= 0.3 is 12.0 Å². The van der Waals surface area contributed by atoms with Gasteiger partial charge in [-0.15, -0.1) is 0 Å². The first-order chi connectivity index (χ1) is 10.1. The molecule has 0 atom stereocenters. The standard InChI is InChI=1S/C16H20N2O3/c19-14(20)10-16(7-3-8-16)11-17-15(21)18-9-6-12-4-1-2-5-13(12)18/h1-2,4-5H,3,6-11H2,(H,17,21)(H,19,20). The fraction of sp³-hybridized carbons (Fsp3) is 0.500. The number of carbonyl (C=O) groups excluding carboxylic acids is 1. The minimum Gasteiger partial charge on any atom is -0.481 e. The molecule has 2 N–H and O–H groups in total. The van der Waals surface area contributed by atoms with E-state index in [1.165, 1.54) is 5.56 Å². The summed E-state index contributed by atoms with van der Waals surface area (Å²) in [5, 5.41) is 11.9. The third-order valence-corrected chi connectivity index (χ3v) is 4.69. The Morgan fingerprint density at radius 1 is 1.29 bits per heavy atom. The fourth-order valence-corrected chi connectivity index (χ4v) is 3.32. The summed E-state index contributed by atoms with van der Waals surface area (Å²) in [6.07, 6.45) is 3.84. The van der Waals surface area contributed by atoms with Crippen LogP contribution in [0.15, 0.2) is 24.3 Å². The first kappa shape index (κ1) is 13.9. The maximum absolute atomic E-state index is 12.3. The van der Waals surface area contributed by atoms with E-state index in [4.69, 9.17) is 5.11 Å². The van der Waals surface area contributed by atoms with Gasteiger partial charge in [-0.2, -0.15) is 0 Å². The molecular weight excluding hydrogens is 268 g/mol. The van der Waals surface area contributed by atoms with Crippen LogP contribution < -0.4 is 10.2 Å². The third-order valence-electron chi connectivity index (χ3n) is 4.69. The number of carboxylic acid groups (broad SMARTS) is 1. The molecule has 5 nitrogen and oxygen atoms in total. The lowest BCUT2D eigenvalue weighted by Gasteiger charge is -2.41. The average molecular weight is 288 g/mol. The molecule has 0 aromatic heterocycles. The quantitative estimate of drug-likeness (QED) is 0.894. The van der Waals surface area contributed by atoms with Gasteiger partial charge < -0.3 is 10.4 Å². The van der Waals surface area contributed by atoms with Crippen molar-refractivity contribution < 1.29 is 14.7 Å². The van der Waals surface area contributed by atoms with Crippen molar-refractivity contribution >= 4 is 17.7 Å². The predicted octanol–water partition coefficient (Wildman–Crippen LogP) is 2.40. The van der Waals surface area contributed by atoms with Crippen LogP contribution in [0.4, 0.5) is 10.5 Å². The SMILES string of the molecule is O=C(O)CC1(CNC(=O)N2CCc3ccccc32)CCC1. The summed E-state index contributed by atoms with van der Waals surface area (Å²) in [6.45, 7) is 1.15. The maximum Gasteiger partial charge on any atom is 0.321 e. The Bertz CT molecular complexity index is 566. The van der Waals surface area contributed by atoms with Crippen molar-refractivity contribution in [3.8, 4) is 0 Å². The zero-order valence-electron chi connectivity index (χ0n) is 12.0. The highest BCUT2D eigenvalue weighted by Crippen LogP contribution is 2.43. The second-order valence-corrected chi connectivity index (χ2v) is 6.11. The van der Waals surface area contributed by atoms with E-state index in [9.17, 15) is 9.59 Å². The number of carbonyl (C=O) groups is 2. The van der Waals surface area contributed by atoms with E-state index < -0.39 is 5.97 Å². The van der Waals surface area contributed by atoms with E-state index in [0.29, 0.717) is 13.1 Å². The van der Waals surface area contributed by atoms with Gasteiger partial charge in [-0.05, 0) is 36.3 Å². The van der Waals surface area contributed by atoms with E-state index >= 15 is 0 Å². The second-order valence-electron chi connectivity index (χ2n) is 6.11. The van der Waals surface area contributed by atoms with Gasteiger partial charge in [0.15, 0.2) is 0 Å². The zero-order valence-corrected chi connectivity index (χ0v) is 12.0. The predicted molar refractivity (Wildman–Crippen MR) is 79.4 cm³/mol. The lowest BCUT2D eigenvalue weighted by molar-refractivity contribution is -0.141.